The maximum atomic E-state index is 12.6. The zero-order valence-electron chi connectivity index (χ0n) is 15.8. The summed E-state index contributed by atoms with van der Waals surface area (Å²) in [5.74, 6) is -0.104. The van der Waals surface area contributed by atoms with Crippen molar-refractivity contribution in [3.05, 3.63) is 113 Å². The van der Waals surface area contributed by atoms with E-state index in [4.69, 9.17) is 0 Å². The number of aromatic nitrogens is 1. The minimum Gasteiger partial charge on any atom is -0.361 e. The molecule has 0 bridgehead atoms. The molecule has 0 radical (unpaired) electrons. The molecule has 5 heteroatoms. The Balaban J connectivity index is 1.60. The molecule has 0 saturated carbocycles. The van der Waals surface area contributed by atoms with E-state index >= 15 is 0 Å². The van der Waals surface area contributed by atoms with E-state index in [0.717, 1.165) is 27.6 Å². The Morgan fingerprint density at radius 2 is 1.52 bits per heavy atom. The van der Waals surface area contributed by atoms with Crippen LogP contribution in [0.5, 0.6) is 0 Å². The monoisotopic (exact) mass is 402 g/mol. The zero-order chi connectivity index (χ0) is 20.1. The highest BCUT2D eigenvalue weighted by atomic mass is 32.2. The first-order valence-corrected chi connectivity index (χ1v) is 11.0. The van der Waals surface area contributed by atoms with Crippen molar-refractivity contribution in [1.82, 2.24) is 9.71 Å². The summed E-state index contributed by atoms with van der Waals surface area (Å²) in [5, 5.41) is 2.32. The van der Waals surface area contributed by atoms with E-state index in [2.05, 4.69) is 15.8 Å². The standard InChI is InChI=1S/C24H22N2O2S/c27-29(28,16-15-19-9-3-1-4-10-19)26-18-22(20-11-5-2-6-12-20)23-17-25-24-14-8-7-13-21(23)24/h1-17,22,25-26H,18H2/b16-15+. The van der Waals surface area contributed by atoms with Gasteiger partial charge < -0.3 is 4.98 Å². The number of hydrogen-bond donors (Lipinski definition) is 2. The van der Waals surface area contributed by atoms with Crippen LogP contribution in [0.2, 0.25) is 0 Å². The number of H-pyrrole nitrogens is 1. The molecule has 0 aliphatic rings. The first kappa shape index (κ1) is 19.2. The number of benzene rings is 3. The van der Waals surface area contributed by atoms with E-state index in [-0.39, 0.29) is 12.5 Å². The summed E-state index contributed by atoms with van der Waals surface area (Å²) >= 11 is 0. The molecule has 1 atom stereocenters. The highest BCUT2D eigenvalue weighted by molar-refractivity contribution is 7.92. The van der Waals surface area contributed by atoms with Gasteiger partial charge in [-0.2, -0.15) is 0 Å². The van der Waals surface area contributed by atoms with Gasteiger partial charge in [0.25, 0.3) is 0 Å². The second kappa shape index (κ2) is 8.47. The fourth-order valence-corrected chi connectivity index (χ4v) is 4.29. The molecular weight excluding hydrogens is 380 g/mol. The molecule has 4 nitrogen and oxygen atoms in total. The Morgan fingerprint density at radius 1 is 0.862 bits per heavy atom. The van der Waals surface area contributed by atoms with Crippen LogP contribution in [0.15, 0.2) is 96.5 Å². The van der Waals surface area contributed by atoms with Gasteiger partial charge >= 0.3 is 0 Å². The van der Waals surface area contributed by atoms with Gasteiger partial charge in [-0.15, -0.1) is 0 Å². The third-order valence-electron chi connectivity index (χ3n) is 4.93. The highest BCUT2D eigenvalue weighted by Gasteiger charge is 2.20. The predicted octanol–water partition coefficient (Wildman–Crippen LogP) is 4.89. The molecule has 0 saturated heterocycles. The minimum atomic E-state index is -3.57. The maximum absolute atomic E-state index is 12.6. The molecule has 0 aliphatic carbocycles. The maximum Gasteiger partial charge on any atom is 0.233 e. The first-order valence-electron chi connectivity index (χ1n) is 9.46. The van der Waals surface area contributed by atoms with Crippen LogP contribution in [-0.2, 0) is 10.0 Å². The quantitative estimate of drug-likeness (QED) is 0.462. The van der Waals surface area contributed by atoms with Crippen LogP contribution in [0.3, 0.4) is 0 Å². The Bertz CT molecular complexity index is 1210. The van der Waals surface area contributed by atoms with E-state index in [1.807, 2.05) is 85.1 Å². The van der Waals surface area contributed by atoms with Gasteiger partial charge in [-0.1, -0.05) is 78.9 Å². The summed E-state index contributed by atoms with van der Waals surface area (Å²) in [6.45, 7) is 0.271. The minimum absolute atomic E-state index is 0.104. The normalized spacial score (nSPS) is 13.1. The van der Waals surface area contributed by atoms with Gasteiger partial charge in [-0.05, 0) is 28.8 Å². The van der Waals surface area contributed by atoms with Crippen molar-refractivity contribution >= 4 is 27.0 Å². The first-order chi connectivity index (χ1) is 14.1. The van der Waals surface area contributed by atoms with Crippen LogP contribution >= 0.6 is 0 Å². The van der Waals surface area contributed by atoms with E-state index in [1.165, 1.54) is 5.41 Å². The van der Waals surface area contributed by atoms with Crippen molar-refractivity contribution in [3.8, 4) is 0 Å². The van der Waals surface area contributed by atoms with Crippen molar-refractivity contribution in [3.63, 3.8) is 0 Å². The lowest BCUT2D eigenvalue weighted by Gasteiger charge is -2.17. The number of para-hydroxylation sites is 1. The number of aromatic amines is 1. The van der Waals surface area contributed by atoms with Crippen LogP contribution in [0, 0.1) is 0 Å². The number of sulfonamides is 1. The van der Waals surface area contributed by atoms with Crippen molar-refractivity contribution in [1.29, 1.82) is 0 Å². The van der Waals surface area contributed by atoms with Crippen molar-refractivity contribution < 1.29 is 8.42 Å². The lowest BCUT2D eigenvalue weighted by Crippen LogP contribution is -2.27. The number of hydrogen-bond acceptors (Lipinski definition) is 2. The smallest absolute Gasteiger partial charge is 0.233 e. The third kappa shape index (κ3) is 4.65. The largest absolute Gasteiger partial charge is 0.361 e. The fourth-order valence-electron chi connectivity index (χ4n) is 3.45. The van der Waals surface area contributed by atoms with Gasteiger partial charge in [0.1, 0.15) is 0 Å². The Morgan fingerprint density at radius 3 is 2.28 bits per heavy atom. The molecule has 0 fully saturated rings. The topological polar surface area (TPSA) is 62.0 Å². The lowest BCUT2D eigenvalue weighted by molar-refractivity contribution is 0.587. The summed E-state index contributed by atoms with van der Waals surface area (Å²) in [4.78, 5) is 3.29. The number of fused-ring (bicyclic) bond motifs is 1. The summed E-state index contributed by atoms with van der Waals surface area (Å²) < 4.78 is 27.9. The van der Waals surface area contributed by atoms with Crippen LogP contribution in [0.25, 0.3) is 17.0 Å². The summed E-state index contributed by atoms with van der Waals surface area (Å²) in [5.41, 5.74) is 4.01. The Labute approximate surface area is 171 Å². The van der Waals surface area contributed by atoms with Gasteiger partial charge in [0, 0.05) is 35.0 Å². The predicted molar refractivity (Wildman–Crippen MR) is 119 cm³/mol. The van der Waals surface area contributed by atoms with Crippen molar-refractivity contribution in [2.45, 2.75) is 5.92 Å². The average Bonchev–Trinajstić information content (AvgIpc) is 3.18. The third-order valence-corrected chi connectivity index (χ3v) is 5.99. The molecular formula is C24H22N2O2S. The van der Waals surface area contributed by atoms with Crippen molar-refractivity contribution in [2.75, 3.05) is 6.54 Å². The highest BCUT2D eigenvalue weighted by Crippen LogP contribution is 2.30. The van der Waals surface area contributed by atoms with E-state index in [1.54, 1.807) is 6.08 Å². The van der Waals surface area contributed by atoms with Gasteiger partial charge in [0.05, 0.1) is 0 Å². The molecule has 1 unspecified atom stereocenters. The molecule has 0 aliphatic heterocycles. The van der Waals surface area contributed by atoms with Crippen LogP contribution in [0.4, 0.5) is 0 Å². The number of nitrogens with one attached hydrogen (secondary N) is 2. The molecule has 0 spiro atoms. The molecule has 4 aromatic rings. The molecule has 1 heterocycles. The van der Waals surface area contributed by atoms with E-state index in [0.29, 0.717) is 0 Å². The number of rotatable bonds is 7. The summed E-state index contributed by atoms with van der Waals surface area (Å²) in [6, 6.07) is 27.4. The molecule has 146 valence electrons. The molecule has 0 amide bonds. The van der Waals surface area contributed by atoms with Gasteiger partial charge in [-0.25, -0.2) is 13.1 Å². The SMILES string of the molecule is O=S(=O)(/C=C/c1ccccc1)NCC(c1ccccc1)c1c[nH]c2ccccc12. The van der Waals surface area contributed by atoms with Gasteiger partial charge in [-0.3, -0.25) is 0 Å². The van der Waals surface area contributed by atoms with Gasteiger partial charge in [0.15, 0.2) is 0 Å². The molecule has 1 aromatic heterocycles. The molecule has 29 heavy (non-hydrogen) atoms. The lowest BCUT2D eigenvalue weighted by atomic mass is 9.91. The molecule has 2 N–H and O–H groups in total. The molecule has 4 rings (SSSR count). The zero-order valence-corrected chi connectivity index (χ0v) is 16.6. The fraction of sp³-hybridized carbons (Fsp3) is 0.0833. The second-order valence-corrected chi connectivity index (χ2v) is 8.51. The van der Waals surface area contributed by atoms with Crippen LogP contribution in [0.1, 0.15) is 22.6 Å². The van der Waals surface area contributed by atoms with Crippen LogP contribution < -0.4 is 4.72 Å². The second-order valence-electron chi connectivity index (χ2n) is 6.86. The average molecular weight is 403 g/mol. The molecule has 3 aromatic carbocycles. The van der Waals surface area contributed by atoms with Crippen molar-refractivity contribution in [2.24, 2.45) is 0 Å². The Hall–Kier alpha value is -3.15. The van der Waals surface area contributed by atoms with E-state index in [9.17, 15) is 8.42 Å². The Kier molecular flexibility index (Phi) is 5.60. The summed E-state index contributed by atoms with van der Waals surface area (Å²) in [6.07, 6.45) is 3.57. The van der Waals surface area contributed by atoms with E-state index < -0.39 is 10.0 Å². The summed E-state index contributed by atoms with van der Waals surface area (Å²) in [7, 11) is -3.57. The van der Waals surface area contributed by atoms with Crippen LogP contribution in [-0.4, -0.2) is 19.9 Å². The van der Waals surface area contributed by atoms with Gasteiger partial charge in [0.2, 0.25) is 10.0 Å².